The van der Waals surface area contributed by atoms with Gasteiger partial charge in [0, 0.05) is 31.4 Å². The average molecular weight is 521 g/mol. The molecule has 0 amide bonds. The number of hydrogen-bond acceptors (Lipinski definition) is 7. The third-order valence-corrected chi connectivity index (χ3v) is 7.46. The lowest BCUT2D eigenvalue weighted by atomic mass is 9.99. The van der Waals surface area contributed by atoms with E-state index in [1.165, 1.54) is 0 Å². The van der Waals surface area contributed by atoms with E-state index in [2.05, 4.69) is 24.3 Å². The van der Waals surface area contributed by atoms with Gasteiger partial charge in [0.25, 0.3) is 0 Å². The van der Waals surface area contributed by atoms with Crippen molar-refractivity contribution in [1.29, 1.82) is 0 Å². The Hall–Kier alpha value is -3.35. The lowest BCUT2D eigenvalue weighted by Gasteiger charge is -2.20. The molecule has 8 heteroatoms. The summed E-state index contributed by atoms with van der Waals surface area (Å²) in [7, 11) is 1.17. The molecule has 0 aliphatic heterocycles. The standard InChI is InChI=1S/C29H29O7P/c1-4-33-26(30)17-21(18-27(31-2)32-3)34-37-35-24-15-13-19-9-5-7-11-22(19)28(24)29-23-12-8-6-10-20(23)14-16-25(29)36-37/h5-16,21,27H,4,17-18H2,1-3H3. The topological polar surface area (TPSA) is 80.3 Å². The largest absolute Gasteiger partial charge is 0.466 e. The number of fused-ring (bicyclic) bond motifs is 7. The number of methoxy groups -OCH3 is 2. The van der Waals surface area contributed by atoms with E-state index < -0.39 is 20.6 Å². The maximum Gasteiger partial charge on any atom is 0.387 e. The van der Waals surface area contributed by atoms with Crippen molar-refractivity contribution in [2.75, 3.05) is 20.8 Å². The lowest BCUT2D eigenvalue weighted by Crippen LogP contribution is -2.28. The van der Waals surface area contributed by atoms with Gasteiger partial charge in [0.05, 0.1) is 19.1 Å². The van der Waals surface area contributed by atoms with Crippen molar-refractivity contribution in [3.63, 3.8) is 0 Å². The Bertz CT molecular complexity index is 1490. The quantitative estimate of drug-likeness (QED) is 0.148. The summed E-state index contributed by atoms with van der Waals surface area (Å²) in [5, 5.41) is 6.21. The summed E-state index contributed by atoms with van der Waals surface area (Å²) in [4.78, 5) is 12.4. The van der Waals surface area contributed by atoms with Gasteiger partial charge in [0.1, 0.15) is 11.2 Å². The number of ether oxygens (including phenoxy) is 3. The van der Waals surface area contributed by atoms with Gasteiger partial charge in [-0.3, -0.25) is 9.32 Å². The van der Waals surface area contributed by atoms with Crippen LogP contribution < -0.4 is 4.52 Å². The first-order chi connectivity index (χ1) is 18.1. The first-order valence-corrected chi connectivity index (χ1v) is 13.3. The molecule has 1 aromatic heterocycles. The highest BCUT2D eigenvalue weighted by atomic mass is 31.1. The highest BCUT2D eigenvalue weighted by Crippen LogP contribution is 2.40. The van der Waals surface area contributed by atoms with Crippen LogP contribution >= 0.6 is 8.24 Å². The van der Waals surface area contributed by atoms with Crippen LogP contribution in [-0.4, -0.2) is 39.2 Å². The zero-order valence-electron chi connectivity index (χ0n) is 21.0. The summed E-state index contributed by atoms with van der Waals surface area (Å²) in [5.74, 6) is -0.374. The minimum absolute atomic E-state index is 0.0117. The minimum Gasteiger partial charge on any atom is -0.466 e. The number of carbonyl (C=O) groups excluding carboxylic acids is 1. The van der Waals surface area contributed by atoms with Gasteiger partial charge < -0.3 is 22.6 Å². The molecular formula is C29H29O7P. The van der Waals surface area contributed by atoms with Gasteiger partial charge in [-0.25, -0.2) is 0 Å². The SMILES string of the molecule is CCOC(=O)CC(CC(OC)OC)Op1oc2ccc3ccccc3c2c2c(ccc3ccccc32)o1. The number of benzene rings is 4. The monoisotopic (exact) mass is 520 g/mol. The maximum atomic E-state index is 12.4. The van der Waals surface area contributed by atoms with Gasteiger partial charge in [0.2, 0.25) is 0 Å². The van der Waals surface area contributed by atoms with Crippen LogP contribution in [0.1, 0.15) is 19.8 Å². The third kappa shape index (κ3) is 5.36. The van der Waals surface area contributed by atoms with Crippen LogP contribution in [0.2, 0.25) is 0 Å². The molecule has 7 nitrogen and oxygen atoms in total. The van der Waals surface area contributed by atoms with E-state index in [0.29, 0.717) is 17.6 Å². The van der Waals surface area contributed by atoms with Gasteiger partial charge in [-0.2, -0.15) is 0 Å². The summed E-state index contributed by atoms with van der Waals surface area (Å²) in [5.41, 5.74) is 1.31. The molecule has 192 valence electrons. The zero-order valence-corrected chi connectivity index (χ0v) is 21.9. The molecule has 5 rings (SSSR count). The van der Waals surface area contributed by atoms with E-state index in [1.54, 1.807) is 21.1 Å². The number of carbonyl (C=O) groups is 1. The molecule has 0 N–H and O–H groups in total. The molecule has 0 aliphatic carbocycles. The summed E-state index contributed by atoms with van der Waals surface area (Å²) < 4.78 is 35.0. The fourth-order valence-corrected chi connectivity index (χ4v) is 5.74. The first kappa shape index (κ1) is 25.3. The van der Waals surface area contributed by atoms with Gasteiger partial charge in [-0.15, -0.1) is 0 Å². The second-order valence-electron chi connectivity index (χ2n) is 8.60. The van der Waals surface area contributed by atoms with Crippen molar-refractivity contribution < 1.29 is 31.9 Å². The lowest BCUT2D eigenvalue weighted by molar-refractivity contribution is -0.147. The first-order valence-electron chi connectivity index (χ1n) is 12.2. The maximum absolute atomic E-state index is 12.4. The van der Waals surface area contributed by atoms with E-state index >= 15 is 0 Å². The Balaban J connectivity index is 1.73. The number of hydrogen-bond donors (Lipinski definition) is 0. The van der Waals surface area contributed by atoms with E-state index in [4.69, 9.17) is 27.1 Å². The van der Waals surface area contributed by atoms with Gasteiger partial charge in [0.15, 0.2) is 6.29 Å². The van der Waals surface area contributed by atoms with Gasteiger partial charge >= 0.3 is 14.2 Å². The van der Waals surface area contributed by atoms with E-state index in [0.717, 1.165) is 32.3 Å². The summed E-state index contributed by atoms with van der Waals surface area (Å²) in [6.07, 6.45) is -0.862. The Kier molecular flexibility index (Phi) is 7.77. The van der Waals surface area contributed by atoms with Crippen molar-refractivity contribution >= 4 is 57.7 Å². The van der Waals surface area contributed by atoms with Crippen LogP contribution in [0.25, 0.3) is 43.5 Å². The zero-order chi connectivity index (χ0) is 25.8. The molecule has 37 heavy (non-hydrogen) atoms. The van der Waals surface area contributed by atoms with E-state index in [-0.39, 0.29) is 19.0 Å². The molecule has 5 aromatic rings. The second kappa shape index (κ2) is 11.4. The molecular weight excluding hydrogens is 491 g/mol. The molecule has 0 aliphatic rings. The average Bonchev–Trinajstić information content (AvgIpc) is 3.08. The summed E-state index contributed by atoms with van der Waals surface area (Å²) in [6, 6.07) is 24.4. The normalized spacial score (nSPS) is 12.5. The molecule has 0 saturated carbocycles. The Morgan fingerprint density at radius 3 is 1.86 bits per heavy atom. The Morgan fingerprint density at radius 1 is 0.811 bits per heavy atom. The molecule has 0 bridgehead atoms. The molecule has 0 fully saturated rings. The van der Waals surface area contributed by atoms with Gasteiger partial charge in [-0.05, 0) is 40.6 Å². The highest BCUT2D eigenvalue weighted by Gasteiger charge is 2.24. The summed E-state index contributed by atoms with van der Waals surface area (Å²) in [6.45, 7) is 2.05. The van der Waals surface area contributed by atoms with Crippen LogP contribution in [0.5, 0.6) is 0 Å². The van der Waals surface area contributed by atoms with Gasteiger partial charge in [-0.1, -0.05) is 60.7 Å². The van der Waals surface area contributed by atoms with Crippen LogP contribution in [-0.2, 0) is 19.0 Å². The molecule has 1 unspecified atom stereocenters. The fourth-order valence-electron chi connectivity index (χ4n) is 4.59. The predicted octanol–water partition coefficient (Wildman–Crippen LogP) is 7.36. The summed E-state index contributed by atoms with van der Waals surface area (Å²) >= 11 is 0. The second-order valence-corrected chi connectivity index (χ2v) is 9.62. The van der Waals surface area contributed by atoms with Crippen LogP contribution in [0.3, 0.4) is 0 Å². The van der Waals surface area contributed by atoms with Crippen LogP contribution in [0.4, 0.5) is 0 Å². The number of rotatable bonds is 9. The third-order valence-electron chi connectivity index (χ3n) is 6.29. The Morgan fingerprint density at radius 2 is 1.35 bits per heavy atom. The van der Waals surface area contributed by atoms with Crippen molar-refractivity contribution in [3.8, 4) is 0 Å². The van der Waals surface area contributed by atoms with Crippen molar-refractivity contribution in [3.05, 3.63) is 72.8 Å². The van der Waals surface area contributed by atoms with E-state index in [1.807, 2.05) is 48.5 Å². The van der Waals surface area contributed by atoms with Crippen molar-refractivity contribution in [1.82, 2.24) is 0 Å². The predicted molar refractivity (Wildman–Crippen MR) is 145 cm³/mol. The molecule has 0 spiro atoms. The minimum atomic E-state index is -1.92. The van der Waals surface area contributed by atoms with Crippen LogP contribution in [0, 0.1) is 0 Å². The molecule has 4 aromatic carbocycles. The fraction of sp³-hybridized carbons (Fsp3) is 0.276. The van der Waals surface area contributed by atoms with Crippen molar-refractivity contribution in [2.24, 2.45) is 0 Å². The Labute approximate surface area is 215 Å². The highest BCUT2D eigenvalue weighted by molar-refractivity contribution is 7.31. The molecule has 1 atom stereocenters. The number of esters is 1. The van der Waals surface area contributed by atoms with E-state index in [9.17, 15) is 4.79 Å². The van der Waals surface area contributed by atoms with Crippen LogP contribution in [0.15, 0.2) is 81.2 Å². The smallest absolute Gasteiger partial charge is 0.387 e. The molecule has 0 radical (unpaired) electrons. The van der Waals surface area contributed by atoms with Crippen molar-refractivity contribution in [2.45, 2.75) is 32.2 Å². The molecule has 0 saturated heterocycles. The molecule has 1 heterocycles.